The number of nitrogens with zero attached hydrogens (tertiary/aromatic N) is 1. The van der Waals surface area contributed by atoms with Crippen molar-refractivity contribution in [3.8, 4) is 0 Å². The molecule has 0 spiro atoms. The Hall–Kier alpha value is -1.84. The van der Waals surface area contributed by atoms with Crippen LogP contribution in [0.1, 0.15) is 16.1 Å². The molecule has 2 heterocycles. The summed E-state index contributed by atoms with van der Waals surface area (Å²) in [6.07, 6.45) is 1.74. The molecule has 2 aromatic rings. The second-order valence-electron chi connectivity index (χ2n) is 2.84. The molecule has 4 heteroatoms. The molecular formula is C9H8N2O2. The van der Waals surface area contributed by atoms with Gasteiger partial charge in [-0.2, -0.15) is 0 Å². The van der Waals surface area contributed by atoms with Crippen molar-refractivity contribution in [2.45, 2.75) is 6.92 Å². The van der Waals surface area contributed by atoms with Gasteiger partial charge in [0, 0.05) is 11.6 Å². The fourth-order valence-electron chi connectivity index (χ4n) is 1.29. The Labute approximate surface area is 74.2 Å². The van der Waals surface area contributed by atoms with Gasteiger partial charge in [0.2, 0.25) is 0 Å². The van der Waals surface area contributed by atoms with Crippen molar-refractivity contribution in [3.63, 3.8) is 0 Å². The van der Waals surface area contributed by atoms with Crippen molar-refractivity contribution in [2.75, 3.05) is 0 Å². The lowest BCUT2D eigenvalue weighted by Crippen LogP contribution is -2.01. The first kappa shape index (κ1) is 7.79. The Morgan fingerprint density at radius 2 is 2.38 bits per heavy atom. The summed E-state index contributed by atoms with van der Waals surface area (Å²) in [6, 6.07) is 3.42. The third-order valence-corrected chi connectivity index (χ3v) is 1.96. The van der Waals surface area contributed by atoms with E-state index >= 15 is 0 Å². The summed E-state index contributed by atoms with van der Waals surface area (Å²) in [5.41, 5.74) is 1.51. The number of aromatic amines is 1. The largest absolute Gasteiger partial charge is 0.478 e. The van der Waals surface area contributed by atoms with E-state index in [9.17, 15) is 4.79 Å². The Morgan fingerprint density at radius 3 is 3.08 bits per heavy atom. The summed E-state index contributed by atoms with van der Waals surface area (Å²) in [6.45, 7) is 1.68. The highest BCUT2D eigenvalue weighted by molar-refractivity contribution is 5.93. The van der Waals surface area contributed by atoms with E-state index in [-0.39, 0.29) is 5.56 Å². The molecule has 0 saturated heterocycles. The lowest BCUT2D eigenvalue weighted by atomic mass is 10.2. The van der Waals surface area contributed by atoms with Crippen molar-refractivity contribution in [3.05, 3.63) is 29.6 Å². The minimum atomic E-state index is -0.937. The standard InChI is InChI=1S/C9H8N2O2/c1-5-7(9(12)13)4-6-2-3-10-8(6)11-5/h2-4H,1H3,(H,10,11)(H,12,13). The van der Waals surface area contributed by atoms with E-state index in [1.165, 1.54) is 0 Å². The zero-order valence-electron chi connectivity index (χ0n) is 7.03. The number of pyridine rings is 1. The molecule has 0 fully saturated rings. The van der Waals surface area contributed by atoms with E-state index < -0.39 is 5.97 Å². The van der Waals surface area contributed by atoms with Crippen LogP contribution in [-0.2, 0) is 0 Å². The predicted octanol–water partition coefficient (Wildman–Crippen LogP) is 1.57. The molecule has 0 aliphatic carbocycles. The fourth-order valence-corrected chi connectivity index (χ4v) is 1.29. The number of hydrogen-bond donors (Lipinski definition) is 2. The van der Waals surface area contributed by atoms with E-state index in [0.29, 0.717) is 5.69 Å². The molecule has 2 rings (SSSR count). The molecule has 0 unspecified atom stereocenters. The summed E-state index contributed by atoms with van der Waals surface area (Å²) in [7, 11) is 0. The summed E-state index contributed by atoms with van der Waals surface area (Å²) in [5, 5.41) is 9.63. The number of carboxylic acids is 1. The van der Waals surface area contributed by atoms with Gasteiger partial charge in [-0.15, -0.1) is 0 Å². The molecule has 0 aliphatic rings. The smallest absolute Gasteiger partial charge is 0.337 e. The van der Waals surface area contributed by atoms with Crippen LogP contribution in [0.5, 0.6) is 0 Å². The highest BCUT2D eigenvalue weighted by atomic mass is 16.4. The zero-order valence-corrected chi connectivity index (χ0v) is 7.03. The maximum atomic E-state index is 10.7. The van der Waals surface area contributed by atoms with Crippen molar-refractivity contribution >= 4 is 17.0 Å². The van der Waals surface area contributed by atoms with E-state index in [2.05, 4.69) is 9.97 Å². The van der Waals surface area contributed by atoms with E-state index in [0.717, 1.165) is 11.0 Å². The minimum Gasteiger partial charge on any atom is -0.478 e. The van der Waals surface area contributed by atoms with Crippen molar-refractivity contribution in [1.82, 2.24) is 9.97 Å². The van der Waals surface area contributed by atoms with Gasteiger partial charge in [0.25, 0.3) is 0 Å². The van der Waals surface area contributed by atoms with Gasteiger partial charge < -0.3 is 10.1 Å². The van der Waals surface area contributed by atoms with Gasteiger partial charge in [-0.05, 0) is 19.1 Å². The van der Waals surface area contributed by atoms with E-state index in [1.54, 1.807) is 25.3 Å². The lowest BCUT2D eigenvalue weighted by Gasteiger charge is -1.98. The quantitative estimate of drug-likeness (QED) is 0.693. The number of hydrogen-bond acceptors (Lipinski definition) is 2. The maximum absolute atomic E-state index is 10.7. The number of aromatic carboxylic acids is 1. The Bertz CT molecular complexity index is 473. The van der Waals surface area contributed by atoms with Crippen LogP contribution in [0.4, 0.5) is 0 Å². The van der Waals surface area contributed by atoms with Gasteiger partial charge in [0.15, 0.2) is 0 Å². The molecule has 0 radical (unpaired) electrons. The van der Waals surface area contributed by atoms with Crippen LogP contribution in [0.3, 0.4) is 0 Å². The Balaban J connectivity index is 2.76. The highest BCUT2D eigenvalue weighted by Crippen LogP contribution is 2.14. The first-order valence-electron chi connectivity index (χ1n) is 3.86. The van der Waals surface area contributed by atoms with Gasteiger partial charge in [-0.25, -0.2) is 9.78 Å². The van der Waals surface area contributed by atoms with Crippen molar-refractivity contribution < 1.29 is 9.90 Å². The predicted molar refractivity (Wildman–Crippen MR) is 47.8 cm³/mol. The number of H-pyrrole nitrogens is 1. The molecule has 0 bridgehead atoms. The average molecular weight is 176 g/mol. The summed E-state index contributed by atoms with van der Waals surface area (Å²) >= 11 is 0. The number of aromatic nitrogens is 2. The normalized spacial score (nSPS) is 10.5. The van der Waals surface area contributed by atoms with Gasteiger partial charge in [-0.3, -0.25) is 0 Å². The number of carbonyl (C=O) groups is 1. The molecule has 2 N–H and O–H groups in total. The molecule has 0 aliphatic heterocycles. The lowest BCUT2D eigenvalue weighted by molar-refractivity contribution is 0.0696. The average Bonchev–Trinajstić information content (AvgIpc) is 2.48. The number of carboxylic acid groups (broad SMARTS) is 1. The van der Waals surface area contributed by atoms with Crippen LogP contribution in [0.25, 0.3) is 11.0 Å². The van der Waals surface area contributed by atoms with Crippen LogP contribution in [0.2, 0.25) is 0 Å². The van der Waals surface area contributed by atoms with Crippen LogP contribution >= 0.6 is 0 Å². The molecule has 0 saturated carbocycles. The fraction of sp³-hybridized carbons (Fsp3) is 0.111. The molecule has 66 valence electrons. The molecule has 0 aromatic carbocycles. The summed E-state index contributed by atoms with van der Waals surface area (Å²) in [4.78, 5) is 17.8. The highest BCUT2D eigenvalue weighted by Gasteiger charge is 2.09. The van der Waals surface area contributed by atoms with Crippen LogP contribution in [-0.4, -0.2) is 21.0 Å². The Morgan fingerprint density at radius 1 is 1.62 bits per heavy atom. The zero-order chi connectivity index (χ0) is 9.42. The number of fused-ring (bicyclic) bond motifs is 1. The molecule has 0 atom stereocenters. The molecule has 2 aromatic heterocycles. The first-order valence-corrected chi connectivity index (χ1v) is 3.86. The minimum absolute atomic E-state index is 0.257. The molecular weight excluding hydrogens is 168 g/mol. The number of nitrogens with one attached hydrogen (secondary N) is 1. The number of rotatable bonds is 1. The van der Waals surface area contributed by atoms with Crippen molar-refractivity contribution in [1.29, 1.82) is 0 Å². The van der Waals surface area contributed by atoms with Gasteiger partial charge in [-0.1, -0.05) is 0 Å². The van der Waals surface area contributed by atoms with Gasteiger partial charge >= 0.3 is 5.97 Å². The first-order chi connectivity index (χ1) is 6.18. The maximum Gasteiger partial charge on any atom is 0.337 e. The molecule has 13 heavy (non-hydrogen) atoms. The monoisotopic (exact) mass is 176 g/mol. The van der Waals surface area contributed by atoms with Crippen LogP contribution in [0.15, 0.2) is 18.3 Å². The van der Waals surface area contributed by atoms with Crippen molar-refractivity contribution in [2.24, 2.45) is 0 Å². The Kier molecular flexibility index (Phi) is 1.55. The number of aryl methyl sites for hydroxylation is 1. The third kappa shape index (κ3) is 1.16. The third-order valence-electron chi connectivity index (χ3n) is 1.96. The van der Waals surface area contributed by atoms with E-state index in [1.807, 2.05) is 0 Å². The summed E-state index contributed by atoms with van der Waals surface area (Å²) in [5.74, 6) is -0.937. The van der Waals surface area contributed by atoms with E-state index in [4.69, 9.17) is 5.11 Å². The van der Waals surface area contributed by atoms with Crippen LogP contribution in [0, 0.1) is 6.92 Å². The second kappa shape index (κ2) is 2.58. The SMILES string of the molecule is Cc1nc2[nH]ccc2cc1C(=O)O. The second-order valence-corrected chi connectivity index (χ2v) is 2.84. The van der Waals surface area contributed by atoms with Gasteiger partial charge in [0.05, 0.1) is 11.3 Å². The van der Waals surface area contributed by atoms with Gasteiger partial charge in [0.1, 0.15) is 5.65 Å². The molecule has 4 nitrogen and oxygen atoms in total. The van der Waals surface area contributed by atoms with Crippen LogP contribution < -0.4 is 0 Å². The summed E-state index contributed by atoms with van der Waals surface area (Å²) < 4.78 is 0. The molecule has 0 amide bonds. The topological polar surface area (TPSA) is 66.0 Å².